The van der Waals surface area contributed by atoms with Crippen molar-refractivity contribution in [3.05, 3.63) is 99.6 Å². The van der Waals surface area contributed by atoms with Gasteiger partial charge in [-0.05, 0) is 62.6 Å². The Bertz CT molecular complexity index is 1290. The number of benzene rings is 3. The first-order chi connectivity index (χ1) is 16.4. The fourth-order valence-corrected chi connectivity index (χ4v) is 4.51. The number of hydrogen-bond acceptors (Lipinski definition) is 2. The molecule has 1 amide bonds. The molecular formula is C28H29ClFN3O. The first-order valence-electron chi connectivity index (χ1n) is 11.7. The molecule has 6 heteroatoms. The first-order valence-corrected chi connectivity index (χ1v) is 12.0. The number of nitrogens with zero attached hydrogens (tertiary/aromatic N) is 2. The molecule has 0 bridgehead atoms. The molecule has 0 unspecified atom stereocenters. The van der Waals surface area contributed by atoms with Crippen molar-refractivity contribution in [2.75, 3.05) is 6.54 Å². The van der Waals surface area contributed by atoms with E-state index in [0.29, 0.717) is 23.7 Å². The van der Waals surface area contributed by atoms with Gasteiger partial charge in [0.1, 0.15) is 11.6 Å². The highest BCUT2D eigenvalue weighted by atomic mass is 35.5. The van der Waals surface area contributed by atoms with Crippen LogP contribution >= 0.6 is 11.6 Å². The molecule has 34 heavy (non-hydrogen) atoms. The van der Waals surface area contributed by atoms with E-state index in [4.69, 9.17) is 16.6 Å². The second-order valence-electron chi connectivity index (χ2n) is 8.69. The third-order valence-electron chi connectivity index (χ3n) is 6.10. The van der Waals surface area contributed by atoms with E-state index >= 15 is 0 Å². The molecule has 1 heterocycles. The van der Waals surface area contributed by atoms with E-state index in [0.717, 1.165) is 59.2 Å². The van der Waals surface area contributed by atoms with E-state index in [1.54, 1.807) is 12.1 Å². The van der Waals surface area contributed by atoms with Crippen molar-refractivity contribution >= 4 is 28.5 Å². The van der Waals surface area contributed by atoms with Gasteiger partial charge in [-0.25, -0.2) is 9.37 Å². The van der Waals surface area contributed by atoms with Gasteiger partial charge in [0.05, 0.1) is 17.6 Å². The van der Waals surface area contributed by atoms with Crippen molar-refractivity contribution in [1.29, 1.82) is 0 Å². The number of amides is 1. The second-order valence-corrected chi connectivity index (χ2v) is 9.10. The maximum absolute atomic E-state index is 14.4. The number of para-hydroxylation sites is 2. The molecule has 0 radical (unpaired) electrons. The zero-order chi connectivity index (χ0) is 24.1. The van der Waals surface area contributed by atoms with Gasteiger partial charge >= 0.3 is 0 Å². The van der Waals surface area contributed by atoms with E-state index in [1.807, 2.05) is 56.3 Å². The highest BCUT2D eigenvalue weighted by Crippen LogP contribution is 2.24. The van der Waals surface area contributed by atoms with E-state index < -0.39 is 0 Å². The predicted molar refractivity (Wildman–Crippen MR) is 136 cm³/mol. The van der Waals surface area contributed by atoms with Gasteiger partial charge in [0.2, 0.25) is 0 Å². The molecule has 176 valence electrons. The Morgan fingerprint density at radius 1 is 1.03 bits per heavy atom. The molecule has 0 aliphatic carbocycles. The standard InChI is InChI=1S/C28H29ClFN3O/c1-19-14-15-21(20(2)17-19)28(34)31-16-7-3-4-13-27-32-25-11-5-6-12-26(25)33(27)18-22-23(29)9-8-10-24(22)30/h5-6,8-12,14-15,17H,3-4,7,13,16,18H2,1-2H3,(H,31,34). The van der Waals surface area contributed by atoms with Crippen LogP contribution in [-0.4, -0.2) is 22.0 Å². The molecule has 1 aromatic heterocycles. The third kappa shape index (κ3) is 5.48. The lowest BCUT2D eigenvalue weighted by Crippen LogP contribution is -2.25. The van der Waals surface area contributed by atoms with Crippen LogP contribution in [-0.2, 0) is 13.0 Å². The molecular weight excluding hydrogens is 449 g/mol. The number of aromatic nitrogens is 2. The minimum absolute atomic E-state index is 0.0268. The van der Waals surface area contributed by atoms with E-state index in [-0.39, 0.29) is 11.7 Å². The Hall–Kier alpha value is -3.18. The summed E-state index contributed by atoms with van der Waals surface area (Å²) in [4.78, 5) is 17.2. The third-order valence-corrected chi connectivity index (χ3v) is 6.45. The molecule has 0 spiro atoms. The largest absolute Gasteiger partial charge is 0.352 e. The average Bonchev–Trinajstić information content (AvgIpc) is 3.15. The van der Waals surface area contributed by atoms with Crippen molar-refractivity contribution in [1.82, 2.24) is 14.9 Å². The molecule has 0 atom stereocenters. The predicted octanol–water partition coefficient (Wildman–Crippen LogP) is 6.64. The summed E-state index contributed by atoms with van der Waals surface area (Å²) < 4.78 is 16.5. The van der Waals surface area contributed by atoms with E-state index in [2.05, 4.69) is 9.88 Å². The Labute approximate surface area is 204 Å². The molecule has 0 fully saturated rings. The number of halogens is 2. The normalized spacial score (nSPS) is 11.2. The summed E-state index contributed by atoms with van der Waals surface area (Å²) in [5.74, 6) is 0.580. The molecule has 4 aromatic rings. The molecule has 0 saturated carbocycles. The van der Waals surface area contributed by atoms with Gasteiger partial charge in [0.15, 0.2) is 0 Å². The van der Waals surface area contributed by atoms with Crippen molar-refractivity contribution in [3.8, 4) is 0 Å². The SMILES string of the molecule is Cc1ccc(C(=O)NCCCCCc2nc3ccccc3n2Cc2c(F)cccc2Cl)c(C)c1. The second kappa shape index (κ2) is 10.8. The lowest BCUT2D eigenvalue weighted by molar-refractivity contribution is 0.0952. The first kappa shape index (κ1) is 24.0. The minimum Gasteiger partial charge on any atom is -0.352 e. The number of nitrogens with one attached hydrogen (secondary N) is 1. The molecule has 3 aromatic carbocycles. The van der Waals surface area contributed by atoms with Crippen LogP contribution in [0.2, 0.25) is 5.02 Å². The van der Waals surface area contributed by atoms with Gasteiger partial charge in [-0.1, -0.05) is 53.9 Å². The Kier molecular flexibility index (Phi) is 7.63. The monoisotopic (exact) mass is 477 g/mol. The molecule has 4 nitrogen and oxygen atoms in total. The average molecular weight is 478 g/mol. The smallest absolute Gasteiger partial charge is 0.251 e. The number of imidazole rings is 1. The Balaban J connectivity index is 1.35. The van der Waals surface area contributed by atoms with Crippen LogP contribution in [0, 0.1) is 19.7 Å². The van der Waals surface area contributed by atoms with Crippen molar-refractivity contribution < 1.29 is 9.18 Å². The molecule has 1 N–H and O–H groups in total. The van der Waals surface area contributed by atoms with Crippen LogP contribution in [0.25, 0.3) is 11.0 Å². The number of hydrogen-bond donors (Lipinski definition) is 1. The van der Waals surface area contributed by atoms with Crippen molar-refractivity contribution in [3.63, 3.8) is 0 Å². The van der Waals surface area contributed by atoms with Crippen LogP contribution in [0.15, 0.2) is 60.7 Å². The quantitative estimate of drug-likeness (QED) is 0.275. The summed E-state index contributed by atoms with van der Waals surface area (Å²) in [6.07, 6.45) is 3.53. The number of aryl methyl sites for hydroxylation is 3. The molecule has 0 aliphatic rings. The number of rotatable bonds is 9. The summed E-state index contributed by atoms with van der Waals surface area (Å²) in [6, 6.07) is 18.5. The van der Waals surface area contributed by atoms with Gasteiger partial charge in [-0.2, -0.15) is 0 Å². The van der Waals surface area contributed by atoms with Gasteiger partial charge < -0.3 is 9.88 Å². The fraction of sp³-hybridized carbons (Fsp3) is 0.286. The summed E-state index contributed by atoms with van der Waals surface area (Å²) in [5.41, 5.74) is 5.21. The van der Waals surface area contributed by atoms with Gasteiger partial charge in [0, 0.05) is 29.1 Å². The summed E-state index contributed by atoms with van der Waals surface area (Å²) in [7, 11) is 0. The van der Waals surface area contributed by atoms with Crippen molar-refractivity contribution in [2.45, 2.75) is 46.1 Å². The molecule has 0 saturated heterocycles. The summed E-state index contributed by atoms with van der Waals surface area (Å²) >= 11 is 6.29. The van der Waals surface area contributed by atoms with Crippen LogP contribution in [0.1, 0.15) is 52.1 Å². The Morgan fingerprint density at radius 2 is 1.85 bits per heavy atom. The van der Waals surface area contributed by atoms with Crippen LogP contribution < -0.4 is 5.32 Å². The topological polar surface area (TPSA) is 46.9 Å². The minimum atomic E-state index is -0.309. The highest BCUT2D eigenvalue weighted by molar-refractivity contribution is 6.31. The number of unbranched alkanes of at least 4 members (excludes halogenated alkanes) is 2. The van der Waals surface area contributed by atoms with E-state index in [9.17, 15) is 9.18 Å². The summed E-state index contributed by atoms with van der Waals surface area (Å²) in [5, 5.41) is 3.44. The Morgan fingerprint density at radius 3 is 2.65 bits per heavy atom. The van der Waals surface area contributed by atoms with Gasteiger partial charge in [-0.15, -0.1) is 0 Å². The maximum Gasteiger partial charge on any atom is 0.251 e. The van der Waals surface area contributed by atoms with Crippen LogP contribution in [0.5, 0.6) is 0 Å². The fourth-order valence-electron chi connectivity index (χ4n) is 4.28. The number of carbonyl (C=O) groups is 1. The summed E-state index contributed by atoms with van der Waals surface area (Å²) in [6.45, 7) is 4.96. The zero-order valence-corrected chi connectivity index (χ0v) is 20.3. The maximum atomic E-state index is 14.4. The van der Waals surface area contributed by atoms with E-state index in [1.165, 1.54) is 6.07 Å². The molecule has 0 aliphatic heterocycles. The zero-order valence-electron chi connectivity index (χ0n) is 19.6. The highest BCUT2D eigenvalue weighted by Gasteiger charge is 2.15. The van der Waals surface area contributed by atoms with Crippen LogP contribution in [0.4, 0.5) is 4.39 Å². The molecule has 4 rings (SSSR count). The number of carbonyl (C=O) groups excluding carboxylic acids is 1. The lowest BCUT2D eigenvalue weighted by Gasteiger charge is -2.12. The van der Waals surface area contributed by atoms with Gasteiger partial charge in [-0.3, -0.25) is 4.79 Å². The number of fused-ring (bicyclic) bond motifs is 1. The lowest BCUT2D eigenvalue weighted by atomic mass is 10.1. The van der Waals surface area contributed by atoms with Crippen LogP contribution in [0.3, 0.4) is 0 Å². The van der Waals surface area contributed by atoms with Crippen molar-refractivity contribution in [2.24, 2.45) is 0 Å². The van der Waals surface area contributed by atoms with Gasteiger partial charge in [0.25, 0.3) is 5.91 Å².